The molecule has 0 aliphatic heterocycles. The van der Waals surface area contributed by atoms with Crippen molar-refractivity contribution in [2.24, 2.45) is 0 Å². The van der Waals surface area contributed by atoms with Crippen molar-refractivity contribution in [1.29, 1.82) is 0 Å². The first kappa shape index (κ1) is 14.2. The molecule has 2 aromatic rings. The van der Waals surface area contributed by atoms with E-state index in [9.17, 15) is 18.0 Å². The summed E-state index contributed by atoms with van der Waals surface area (Å²) < 4.78 is 36.2. The highest BCUT2D eigenvalue weighted by atomic mass is 19.4. The van der Waals surface area contributed by atoms with Crippen LogP contribution >= 0.6 is 0 Å². The number of fused-ring (bicyclic) bond motifs is 1. The van der Waals surface area contributed by atoms with Crippen molar-refractivity contribution in [2.75, 3.05) is 6.54 Å². The second kappa shape index (κ2) is 5.41. The highest BCUT2D eigenvalue weighted by Gasteiger charge is 2.38. The van der Waals surface area contributed by atoms with E-state index in [1.165, 1.54) is 0 Å². The van der Waals surface area contributed by atoms with Crippen LogP contribution in [0, 0.1) is 0 Å². The Morgan fingerprint density at radius 3 is 2.60 bits per heavy atom. The molecule has 0 aliphatic rings. The minimum atomic E-state index is -4.78. The fraction of sp³-hybridized carbons (Fsp3) is 0.250. The first-order valence-corrected chi connectivity index (χ1v) is 5.62. The number of carbonyl (C=O) groups excluding carboxylic acids is 1. The van der Waals surface area contributed by atoms with Gasteiger partial charge >= 0.3 is 6.18 Å². The SMILES string of the molecule is O=C(NCC(O)C(F)(F)F)c1cnc2ccccc2n1. The van der Waals surface area contributed by atoms with Gasteiger partial charge in [-0.15, -0.1) is 0 Å². The normalized spacial score (nSPS) is 13.2. The monoisotopic (exact) mass is 285 g/mol. The zero-order valence-corrected chi connectivity index (χ0v) is 10.1. The molecule has 106 valence electrons. The lowest BCUT2D eigenvalue weighted by atomic mass is 10.3. The van der Waals surface area contributed by atoms with Crippen molar-refractivity contribution in [3.05, 3.63) is 36.2 Å². The number of halogens is 3. The molecule has 1 aromatic heterocycles. The Bertz CT molecular complexity index is 631. The molecular formula is C12H10F3N3O2. The molecule has 20 heavy (non-hydrogen) atoms. The fourth-order valence-electron chi connectivity index (χ4n) is 1.46. The molecule has 0 aliphatic carbocycles. The summed E-state index contributed by atoms with van der Waals surface area (Å²) in [6.07, 6.45) is -6.22. The standard InChI is InChI=1S/C12H10F3N3O2/c13-12(14,15)10(19)6-17-11(20)9-5-16-7-3-1-2-4-8(7)18-9/h1-5,10,19H,6H2,(H,17,20). The first-order chi connectivity index (χ1) is 9.38. The summed E-state index contributed by atoms with van der Waals surface area (Å²) in [4.78, 5) is 19.6. The molecule has 1 atom stereocenters. The van der Waals surface area contributed by atoms with Crippen LogP contribution in [0.15, 0.2) is 30.5 Å². The van der Waals surface area contributed by atoms with Crippen LogP contribution < -0.4 is 5.32 Å². The number of para-hydroxylation sites is 2. The van der Waals surface area contributed by atoms with Gasteiger partial charge in [0, 0.05) is 0 Å². The van der Waals surface area contributed by atoms with Crippen LogP contribution in [0.3, 0.4) is 0 Å². The van der Waals surface area contributed by atoms with Gasteiger partial charge in [-0.1, -0.05) is 12.1 Å². The minimum Gasteiger partial charge on any atom is -0.382 e. The Labute approximate surface area is 111 Å². The Hall–Kier alpha value is -2.22. The van der Waals surface area contributed by atoms with Gasteiger partial charge in [-0.05, 0) is 12.1 Å². The van der Waals surface area contributed by atoms with Crippen LogP contribution in [0.5, 0.6) is 0 Å². The van der Waals surface area contributed by atoms with E-state index < -0.39 is 24.7 Å². The van der Waals surface area contributed by atoms with Crippen molar-refractivity contribution in [3.63, 3.8) is 0 Å². The summed E-state index contributed by atoms with van der Waals surface area (Å²) >= 11 is 0. The van der Waals surface area contributed by atoms with E-state index in [-0.39, 0.29) is 5.69 Å². The average Bonchev–Trinajstić information content (AvgIpc) is 2.42. The van der Waals surface area contributed by atoms with Gasteiger partial charge in [-0.25, -0.2) is 4.98 Å². The second-order valence-electron chi connectivity index (χ2n) is 4.01. The molecular weight excluding hydrogens is 275 g/mol. The minimum absolute atomic E-state index is 0.113. The number of nitrogens with one attached hydrogen (secondary N) is 1. The molecule has 5 nitrogen and oxygen atoms in total. The summed E-state index contributed by atoms with van der Waals surface area (Å²) in [7, 11) is 0. The quantitative estimate of drug-likeness (QED) is 0.891. The highest BCUT2D eigenvalue weighted by molar-refractivity contribution is 5.93. The number of hydrogen-bond donors (Lipinski definition) is 2. The Balaban J connectivity index is 2.08. The maximum absolute atomic E-state index is 12.1. The van der Waals surface area contributed by atoms with Gasteiger partial charge in [0.1, 0.15) is 5.69 Å². The number of nitrogens with zero attached hydrogens (tertiary/aromatic N) is 2. The molecule has 8 heteroatoms. The third kappa shape index (κ3) is 3.21. The smallest absolute Gasteiger partial charge is 0.382 e. The predicted octanol–water partition coefficient (Wildman–Crippen LogP) is 1.28. The number of benzene rings is 1. The molecule has 0 saturated carbocycles. The van der Waals surface area contributed by atoms with Gasteiger partial charge in [-0.3, -0.25) is 9.78 Å². The molecule has 0 radical (unpaired) electrons. The molecule has 0 bridgehead atoms. The van der Waals surface area contributed by atoms with Crippen molar-refractivity contribution in [3.8, 4) is 0 Å². The van der Waals surface area contributed by atoms with Crippen LogP contribution in [0.25, 0.3) is 11.0 Å². The summed E-state index contributed by atoms with van der Waals surface area (Å²) in [5.74, 6) is -0.827. The summed E-state index contributed by atoms with van der Waals surface area (Å²) in [6, 6.07) is 6.77. The lowest BCUT2D eigenvalue weighted by molar-refractivity contribution is -0.201. The van der Waals surface area contributed by atoms with E-state index in [1.54, 1.807) is 24.3 Å². The van der Waals surface area contributed by atoms with E-state index in [0.717, 1.165) is 6.20 Å². The van der Waals surface area contributed by atoms with Gasteiger partial charge in [0.15, 0.2) is 6.10 Å². The number of carbonyl (C=O) groups is 1. The van der Waals surface area contributed by atoms with Gasteiger partial charge in [-0.2, -0.15) is 13.2 Å². The number of alkyl halides is 3. The number of aliphatic hydroxyl groups excluding tert-OH is 1. The molecule has 2 rings (SSSR count). The predicted molar refractivity (Wildman–Crippen MR) is 63.9 cm³/mol. The maximum atomic E-state index is 12.1. The lowest BCUT2D eigenvalue weighted by Crippen LogP contribution is -2.40. The maximum Gasteiger partial charge on any atom is 0.416 e. The largest absolute Gasteiger partial charge is 0.416 e. The average molecular weight is 285 g/mol. The first-order valence-electron chi connectivity index (χ1n) is 5.62. The van der Waals surface area contributed by atoms with Crippen molar-refractivity contribution in [1.82, 2.24) is 15.3 Å². The lowest BCUT2D eigenvalue weighted by Gasteiger charge is -2.14. The molecule has 1 unspecified atom stereocenters. The third-order valence-corrected chi connectivity index (χ3v) is 2.52. The molecule has 0 fully saturated rings. The third-order valence-electron chi connectivity index (χ3n) is 2.52. The number of amides is 1. The van der Waals surface area contributed by atoms with Gasteiger partial charge in [0.2, 0.25) is 0 Å². The summed E-state index contributed by atoms with van der Waals surface area (Å²) in [6.45, 7) is -0.934. The van der Waals surface area contributed by atoms with E-state index in [0.29, 0.717) is 11.0 Å². The highest BCUT2D eigenvalue weighted by Crippen LogP contribution is 2.19. The van der Waals surface area contributed by atoms with Crippen LogP contribution in [-0.4, -0.2) is 39.8 Å². The molecule has 1 aromatic carbocycles. The Kier molecular flexibility index (Phi) is 3.84. The number of aliphatic hydroxyl groups is 1. The van der Waals surface area contributed by atoms with E-state index in [4.69, 9.17) is 5.11 Å². The second-order valence-corrected chi connectivity index (χ2v) is 4.01. The van der Waals surface area contributed by atoms with Crippen LogP contribution in [0.1, 0.15) is 10.5 Å². The molecule has 1 heterocycles. The van der Waals surface area contributed by atoms with E-state index in [2.05, 4.69) is 9.97 Å². The van der Waals surface area contributed by atoms with Crippen molar-refractivity contribution in [2.45, 2.75) is 12.3 Å². The summed E-state index contributed by atoms with van der Waals surface area (Å²) in [5, 5.41) is 10.7. The van der Waals surface area contributed by atoms with Crippen LogP contribution in [0.2, 0.25) is 0 Å². The van der Waals surface area contributed by atoms with E-state index in [1.807, 2.05) is 5.32 Å². The van der Waals surface area contributed by atoms with Gasteiger partial charge in [0.05, 0.1) is 23.8 Å². The zero-order valence-electron chi connectivity index (χ0n) is 10.1. The number of hydrogen-bond acceptors (Lipinski definition) is 4. The van der Waals surface area contributed by atoms with Crippen molar-refractivity contribution < 1.29 is 23.1 Å². The summed E-state index contributed by atoms with van der Waals surface area (Å²) in [5.41, 5.74) is 0.911. The van der Waals surface area contributed by atoms with E-state index >= 15 is 0 Å². The van der Waals surface area contributed by atoms with Gasteiger partial charge < -0.3 is 10.4 Å². The Morgan fingerprint density at radius 2 is 1.95 bits per heavy atom. The molecule has 1 amide bonds. The number of aromatic nitrogens is 2. The molecule has 0 saturated heterocycles. The van der Waals surface area contributed by atoms with Gasteiger partial charge in [0.25, 0.3) is 5.91 Å². The number of rotatable bonds is 3. The molecule has 0 spiro atoms. The Morgan fingerprint density at radius 1 is 1.30 bits per heavy atom. The van der Waals surface area contributed by atoms with Crippen molar-refractivity contribution >= 4 is 16.9 Å². The molecule has 2 N–H and O–H groups in total. The topological polar surface area (TPSA) is 75.1 Å². The van der Waals surface area contributed by atoms with Crippen LogP contribution in [0.4, 0.5) is 13.2 Å². The fourth-order valence-corrected chi connectivity index (χ4v) is 1.46. The van der Waals surface area contributed by atoms with Crippen LogP contribution in [-0.2, 0) is 0 Å². The zero-order chi connectivity index (χ0) is 14.8.